The van der Waals surface area contributed by atoms with Crippen molar-refractivity contribution in [2.75, 3.05) is 92.1 Å². The van der Waals surface area contributed by atoms with E-state index in [4.69, 9.17) is 39.7 Å². The van der Waals surface area contributed by atoms with Gasteiger partial charge in [-0.1, -0.05) is 168 Å². The van der Waals surface area contributed by atoms with Crippen LogP contribution >= 0.6 is 0 Å². The highest BCUT2D eigenvalue weighted by molar-refractivity contribution is 7.81. The average molecular weight is 915 g/mol. The first-order valence-electron chi connectivity index (χ1n) is 23.2. The minimum atomic E-state index is -4.24. The summed E-state index contributed by atoms with van der Waals surface area (Å²) in [5.74, 6) is 0. The molecule has 8 N–H and O–H groups in total. The molecule has 0 aliphatic heterocycles. The molecule has 0 atom stereocenters. The first-order chi connectivity index (χ1) is 28.8. The molecule has 18 heteroatoms. The topological polar surface area (TPSA) is 255 Å². The van der Waals surface area contributed by atoms with Crippen LogP contribution in [0.5, 0.6) is 0 Å². The van der Waals surface area contributed by atoms with Gasteiger partial charge in [0.2, 0.25) is 0 Å². The molecular formula is C42H94N2O14S2. The molecule has 0 aromatic rings. The molecule has 0 aliphatic rings. The third-order valence-corrected chi connectivity index (χ3v) is 10.4. The van der Waals surface area contributed by atoms with Crippen LogP contribution in [0.25, 0.3) is 0 Å². The monoisotopic (exact) mass is 915 g/mol. The van der Waals surface area contributed by atoms with Gasteiger partial charge in [-0.05, 0) is 12.8 Å². The Morgan fingerprint density at radius 3 is 0.633 bits per heavy atom. The molecule has 60 heavy (non-hydrogen) atoms. The van der Waals surface area contributed by atoms with Crippen molar-refractivity contribution in [2.24, 2.45) is 0 Å². The van der Waals surface area contributed by atoms with Gasteiger partial charge >= 0.3 is 20.8 Å². The summed E-state index contributed by atoms with van der Waals surface area (Å²) in [6, 6.07) is 0. The molecule has 0 aliphatic carbocycles. The van der Waals surface area contributed by atoms with Crippen molar-refractivity contribution in [3.05, 3.63) is 0 Å². The molecule has 0 saturated heterocycles. The zero-order chi connectivity index (χ0) is 45.9. The number of nitrogens with zero attached hydrogens (tertiary/aromatic N) is 2. The number of unbranched alkanes of at least 4 members (excludes halogenated alkanes) is 24. The van der Waals surface area contributed by atoms with Gasteiger partial charge in [0.1, 0.15) is 0 Å². The summed E-state index contributed by atoms with van der Waals surface area (Å²) in [6.45, 7) is 8.18. The second kappa shape index (κ2) is 54.6. The SMILES string of the molecule is CCCCCCCCCCCCCCCCOS(=O)(=O)O.CCCCCCCCCCCCCCOS(=O)(=O)O.OCCN(CCO)CCO.OCCN(CCO)CCO. The first kappa shape index (κ1) is 66.0. The highest BCUT2D eigenvalue weighted by atomic mass is 32.3. The van der Waals surface area contributed by atoms with Gasteiger partial charge in [-0.15, -0.1) is 0 Å². The summed E-state index contributed by atoms with van der Waals surface area (Å²) in [7, 11) is -8.48. The van der Waals surface area contributed by atoms with E-state index in [2.05, 4.69) is 22.2 Å². The van der Waals surface area contributed by atoms with E-state index in [1.165, 1.54) is 128 Å². The molecule has 0 heterocycles. The maximum Gasteiger partial charge on any atom is 0.397 e. The molecule has 0 fully saturated rings. The van der Waals surface area contributed by atoms with Crippen molar-refractivity contribution >= 4 is 20.8 Å². The van der Waals surface area contributed by atoms with Gasteiger partial charge in [0, 0.05) is 39.3 Å². The van der Waals surface area contributed by atoms with Crippen molar-refractivity contribution in [1.29, 1.82) is 0 Å². The maximum absolute atomic E-state index is 10.3. The van der Waals surface area contributed by atoms with Crippen LogP contribution in [0.3, 0.4) is 0 Å². The Bertz CT molecular complexity index is 953. The predicted octanol–water partition coefficient (Wildman–Crippen LogP) is 6.32. The molecule has 0 saturated carbocycles. The van der Waals surface area contributed by atoms with Crippen LogP contribution in [0.4, 0.5) is 0 Å². The third-order valence-electron chi connectivity index (χ3n) is 9.46. The summed E-state index contributed by atoms with van der Waals surface area (Å²) >= 11 is 0. The van der Waals surface area contributed by atoms with Crippen LogP contribution in [0.2, 0.25) is 0 Å². The minimum absolute atomic E-state index is 0.0694. The minimum Gasteiger partial charge on any atom is -0.395 e. The summed E-state index contributed by atoms with van der Waals surface area (Å²) in [4.78, 5) is 3.58. The summed E-state index contributed by atoms with van der Waals surface area (Å²) in [5, 5.41) is 50.9. The number of aliphatic hydroxyl groups excluding tert-OH is 6. The Labute approximate surface area is 367 Å². The standard InChI is InChI=1S/C16H34O4S.C14H30O4S.2C6H15NO3/c1-2-3-4-5-6-7-8-9-10-11-12-13-14-15-16-20-21(17,18)19;1-2-3-4-5-6-7-8-9-10-11-12-13-14-18-19(15,16)17;2*8-4-1-7(2-5-9)3-6-10/h2-16H2,1H3,(H,17,18,19);2-14H2,1H3,(H,15,16,17);2*8-10H,1-6H2. The van der Waals surface area contributed by atoms with Crippen molar-refractivity contribution < 1.29 is 64.9 Å². The predicted molar refractivity (Wildman–Crippen MR) is 242 cm³/mol. The molecule has 0 bridgehead atoms. The van der Waals surface area contributed by atoms with E-state index in [1.807, 2.05) is 0 Å². The fraction of sp³-hybridized carbons (Fsp3) is 1.00. The van der Waals surface area contributed by atoms with E-state index < -0.39 is 20.8 Å². The molecule has 16 nitrogen and oxygen atoms in total. The summed E-state index contributed by atoms with van der Waals surface area (Å²) in [6.07, 6.45) is 32.3. The largest absolute Gasteiger partial charge is 0.397 e. The molecule has 0 radical (unpaired) electrons. The van der Waals surface area contributed by atoms with Gasteiger partial charge in [-0.25, -0.2) is 8.37 Å². The molecule has 368 valence electrons. The van der Waals surface area contributed by atoms with Gasteiger partial charge in [-0.3, -0.25) is 18.9 Å². The van der Waals surface area contributed by atoms with Crippen molar-refractivity contribution in [2.45, 2.75) is 181 Å². The molecule has 0 unspecified atom stereocenters. The lowest BCUT2D eigenvalue weighted by molar-refractivity contribution is 0.136. The molecule has 0 amide bonds. The van der Waals surface area contributed by atoms with Crippen molar-refractivity contribution in [3.8, 4) is 0 Å². The van der Waals surface area contributed by atoms with E-state index in [0.29, 0.717) is 52.1 Å². The van der Waals surface area contributed by atoms with E-state index in [-0.39, 0.29) is 52.9 Å². The molecular weight excluding hydrogens is 821 g/mol. The van der Waals surface area contributed by atoms with Crippen LogP contribution in [-0.2, 0) is 29.2 Å². The van der Waals surface area contributed by atoms with E-state index >= 15 is 0 Å². The van der Waals surface area contributed by atoms with Crippen molar-refractivity contribution in [3.63, 3.8) is 0 Å². The van der Waals surface area contributed by atoms with Gasteiger partial charge in [0.15, 0.2) is 0 Å². The zero-order valence-corrected chi connectivity index (χ0v) is 39.7. The van der Waals surface area contributed by atoms with E-state index in [1.54, 1.807) is 9.80 Å². The average Bonchev–Trinajstić information content (AvgIpc) is 3.19. The van der Waals surface area contributed by atoms with Gasteiger partial charge < -0.3 is 30.6 Å². The third kappa shape index (κ3) is 69.1. The van der Waals surface area contributed by atoms with Crippen LogP contribution in [-0.4, -0.2) is 159 Å². The quantitative estimate of drug-likeness (QED) is 0.0246. The molecule has 0 aromatic heterocycles. The normalized spacial score (nSPS) is 11.5. The first-order valence-corrected chi connectivity index (χ1v) is 25.9. The molecule has 0 spiro atoms. The van der Waals surface area contributed by atoms with Gasteiger partial charge in [0.25, 0.3) is 0 Å². The fourth-order valence-corrected chi connectivity index (χ4v) is 6.74. The Morgan fingerprint density at radius 1 is 0.317 bits per heavy atom. The van der Waals surface area contributed by atoms with Crippen LogP contribution in [0.1, 0.15) is 181 Å². The smallest absolute Gasteiger partial charge is 0.395 e. The highest BCUT2D eigenvalue weighted by Crippen LogP contribution is 2.14. The van der Waals surface area contributed by atoms with Gasteiger partial charge in [0.05, 0.1) is 52.9 Å². The Balaban J connectivity index is -0.000000367. The summed E-state index contributed by atoms with van der Waals surface area (Å²) < 4.78 is 66.4. The second-order valence-electron chi connectivity index (χ2n) is 15.0. The number of hydrogen-bond donors (Lipinski definition) is 8. The maximum atomic E-state index is 10.3. The van der Waals surface area contributed by atoms with Crippen molar-refractivity contribution in [1.82, 2.24) is 9.80 Å². The Hall–Kier alpha value is -0.580. The van der Waals surface area contributed by atoms with Gasteiger partial charge in [-0.2, -0.15) is 16.8 Å². The number of rotatable bonds is 42. The van der Waals surface area contributed by atoms with E-state index in [9.17, 15) is 16.8 Å². The number of hydrogen-bond acceptors (Lipinski definition) is 14. The Kier molecular flexibility index (Phi) is 60.0. The fourth-order valence-electron chi connectivity index (χ4n) is 6.09. The van der Waals surface area contributed by atoms with E-state index in [0.717, 1.165) is 25.7 Å². The van der Waals surface area contributed by atoms with Crippen LogP contribution < -0.4 is 0 Å². The second-order valence-corrected chi connectivity index (χ2v) is 17.2. The lowest BCUT2D eigenvalue weighted by atomic mass is 10.0. The van der Waals surface area contributed by atoms with Crippen LogP contribution in [0, 0.1) is 0 Å². The molecule has 0 aromatic carbocycles. The zero-order valence-electron chi connectivity index (χ0n) is 38.0. The Morgan fingerprint density at radius 2 is 0.483 bits per heavy atom. The highest BCUT2D eigenvalue weighted by Gasteiger charge is 2.04. The number of aliphatic hydroxyl groups is 6. The molecule has 0 rings (SSSR count). The lowest BCUT2D eigenvalue weighted by Gasteiger charge is -2.17. The lowest BCUT2D eigenvalue weighted by Crippen LogP contribution is -2.32. The van der Waals surface area contributed by atoms with Crippen LogP contribution in [0.15, 0.2) is 0 Å². The summed E-state index contributed by atoms with van der Waals surface area (Å²) in [5.41, 5.74) is 0.